The van der Waals surface area contributed by atoms with E-state index in [1.54, 1.807) is 0 Å². The molecular formula is C16H24F3N. The third-order valence-electron chi connectivity index (χ3n) is 3.11. The number of benzene rings is 1. The molecule has 20 heavy (non-hydrogen) atoms. The van der Waals surface area contributed by atoms with Crippen LogP contribution in [0.15, 0.2) is 12.1 Å². The van der Waals surface area contributed by atoms with Crippen molar-refractivity contribution in [1.82, 2.24) is 5.32 Å². The summed E-state index contributed by atoms with van der Waals surface area (Å²) < 4.78 is 39.5. The SMILES string of the molecule is CC(C)(C)NCCCCCCc1c(F)cc(F)cc1F. The molecule has 0 aliphatic carbocycles. The molecule has 0 fully saturated rings. The average molecular weight is 287 g/mol. The van der Waals surface area contributed by atoms with E-state index in [-0.39, 0.29) is 11.1 Å². The smallest absolute Gasteiger partial charge is 0.132 e. The van der Waals surface area contributed by atoms with Gasteiger partial charge in [0, 0.05) is 23.2 Å². The maximum atomic E-state index is 13.4. The molecular weight excluding hydrogens is 263 g/mol. The van der Waals surface area contributed by atoms with Gasteiger partial charge in [0.1, 0.15) is 17.5 Å². The molecule has 0 aliphatic heterocycles. The Morgan fingerprint density at radius 3 is 2.00 bits per heavy atom. The van der Waals surface area contributed by atoms with Crippen molar-refractivity contribution in [3.05, 3.63) is 35.1 Å². The van der Waals surface area contributed by atoms with Gasteiger partial charge in [-0.05, 0) is 46.6 Å². The van der Waals surface area contributed by atoms with Crippen molar-refractivity contribution in [2.45, 2.75) is 58.4 Å². The van der Waals surface area contributed by atoms with Crippen molar-refractivity contribution >= 4 is 0 Å². The second kappa shape index (κ2) is 7.67. The lowest BCUT2D eigenvalue weighted by Crippen LogP contribution is -2.36. The molecule has 0 bridgehead atoms. The van der Waals surface area contributed by atoms with Crippen molar-refractivity contribution in [1.29, 1.82) is 0 Å². The van der Waals surface area contributed by atoms with E-state index in [4.69, 9.17) is 0 Å². The summed E-state index contributed by atoms with van der Waals surface area (Å²) in [6, 6.07) is 1.48. The van der Waals surface area contributed by atoms with Crippen molar-refractivity contribution in [2.24, 2.45) is 0 Å². The molecule has 0 aromatic heterocycles. The molecule has 0 saturated carbocycles. The lowest BCUT2D eigenvalue weighted by Gasteiger charge is -2.20. The molecule has 4 heteroatoms. The van der Waals surface area contributed by atoms with Crippen molar-refractivity contribution < 1.29 is 13.2 Å². The first-order valence-electron chi connectivity index (χ1n) is 7.18. The van der Waals surface area contributed by atoms with Gasteiger partial charge in [-0.15, -0.1) is 0 Å². The maximum absolute atomic E-state index is 13.4. The highest BCUT2D eigenvalue weighted by Gasteiger charge is 2.11. The Balaban J connectivity index is 2.22. The fraction of sp³-hybridized carbons (Fsp3) is 0.625. The Morgan fingerprint density at radius 2 is 1.45 bits per heavy atom. The molecule has 1 nitrogen and oxygen atoms in total. The Labute approximate surface area is 119 Å². The van der Waals surface area contributed by atoms with Gasteiger partial charge in [-0.3, -0.25) is 0 Å². The number of nitrogens with one attached hydrogen (secondary N) is 1. The third-order valence-corrected chi connectivity index (χ3v) is 3.11. The summed E-state index contributed by atoms with van der Waals surface area (Å²) in [7, 11) is 0. The summed E-state index contributed by atoms with van der Waals surface area (Å²) >= 11 is 0. The first kappa shape index (κ1) is 17.0. The van der Waals surface area contributed by atoms with Crippen LogP contribution in [-0.4, -0.2) is 12.1 Å². The molecule has 0 aliphatic rings. The molecule has 1 N–H and O–H groups in total. The van der Waals surface area contributed by atoms with E-state index in [1.165, 1.54) is 0 Å². The Morgan fingerprint density at radius 1 is 0.900 bits per heavy atom. The monoisotopic (exact) mass is 287 g/mol. The van der Waals surface area contributed by atoms with Crippen LogP contribution >= 0.6 is 0 Å². The van der Waals surface area contributed by atoms with E-state index in [9.17, 15) is 13.2 Å². The second-order valence-corrected chi connectivity index (χ2v) is 6.19. The molecule has 114 valence electrons. The normalized spacial score (nSPS) is 11.9. The summed E-state index contributed by atoms with van der Waals surface area (Å²) in [4.78, 5) is 0. The van der Waals surface area contributed by atoms with Crippen LogP contribution in [0.3, 0.4) is 0 Å². The molecule has 0 saturated heterocycles. The van der Waals surface area contributed by atoms with E-state index < -0.39 is 17.5 Å². The molecule has 0 radical (unpaired) electrons. The van der Waals surface area contributed by atoms with Crippen molar-refractivity contribution in [3.63, 3.8) is 0 Å². The molecule has 1 aromatic carbocycles. The molecule has 0 heterocycles. The van der Waals surface area contributed by atoms with Crippen LogP contribution < -0.4 is 5.32 Å². The van der Waals surface area contributed by atoms with Gasteiger partial charge in [0.2, 0.25) is 0 Å². The Hall–Kier alpha value is -1.03. The Kier molecular flexibility index (Phi) is 6.53. The van der Waals surface area contributed by atoms with Gasteiger partial charge in [-0.25, -0.2) is 13.2 Å². The fourth-order valence-electron chi connectivity index (χ4n) is 2.05. The largest absolute Gasteiger partial charge is 0.312 e. The number of unbranched alkanes of at least 4 members (excludes halogenated alkanes) is 3. The molecule has 1 rings (SSSR count). The van der Waals surface area contributed by atoms with Gasteiger partial charge in [0.15, 0.2) is 0 Å². The number of halogens is 3. The van der Waals surface area contributed by atoms with Gasteiger partial charge in [-0.2, -0.15) is 0 Å². The highest BCUT2D eigenvalue weighted by atomic mass is 19.1. The Bertz CT molecular complexity index is 401. The fourth-order valence-corrected chi connectivity index (χ4v) is 2.05. The molecule has 0 amide bonds. The van der Waals surface area contributed by atoms with Gasteiger partial charge in [-0.1, -0.05) is 12.8 Å². The first-order chi connectivity index (χ1) is 9.29. The number of rotatable bonds is 7. The van der Waals surface area contributed by atoms with Gasteiger partial charge < -0.3 is 5.32 Å². The first-order valence-corrected chi connectivity index (χ1v) is 7.18. The lowest BCUT2D eigenvalue weighted by atomic mass is 10.0. The zero-order valence-corrected chi connectivity index (χ0v) is 12.5. The predicted molar refractivity (Wildman–Crippen MR) is 76.2 cm³/mol. The van der Waals surface area contributed by atoms with Crippen molar-refractivity contribution in [2.75, 3.05) is 6.54 Å². The van der Waals surface area contributed by atoms with E-state index in [1.807, 2.05) is 0 Å². The predicted octanol–water partition coefficient (Wildman–Crippen LogP) is 4.59. The van der Waals surface area contributed by atoms with E-state index >= 15 is 0 Å². The van der Waals surface area contributed by atoms with Gasteiger partial charge in [0.25, 0.3) is 0 Å². The van der Waals surface area contributed by atoms with Crippen LogP contribution in [0, 0.1) is 17.5 Å². The highest BCUT2D eigenvalue weighted by Crippen LogP contribution is 2.17. The minimum atomic E-state index is -0.864. The summed E-state index contributed by atoms with van der Waals surface area (Å²) in [5.41, 5.74) is 0.125. The summed E-state index contributed by atoms with van der Waals surface area (Å²) in [5, 5.41) is 3.39. The maximum Gasteiger partial charge on any atom is 0.132 e. The zero-order valence-electron chi connectivity index (χ0n) is 12.5. The average Bonchev–Trinajstić information content (AvgIpc) is 2.29. The van der Waals surface area contributed by atoms with Crippen LogP contribution in [0.25, 0.3) is 0 Å². The van der Waals surface area contributed by atoms with Crippen LogP contribution in [0.4, 0.5) is 13.2 Å². The highest BCUT2D eigenvalue weighted by molar-refractivity contribution is 5.20. The van der Waals surface area contributed by atoms with Crippen LogP contribution in [-0.2, 0) is 6.42 Å². The van der Waals surface area contributed by atoms with E-state index in [0.29, 0.717) is 6.42 Å². The molecule has 0 unspecified atom stereocenters. The van der Waals surface area contributed by atoms with Crippen LogP contribution in [0.2, 0.25) is 0 Å². The van der Waals surface area contributed by atoms with Gasteiger partial charge >= 0.3 is 0 Å². The quantitative estimate of drug-likeness (QED) is 0.723. The third kappa shape index (κ3) is 6.42. The summed E-state index contributed by atoms with van der Waals surface area (Å²) in [6.07, 6.45) is 4.03. The van der Waals surface area contributed by atoms with E-state index in [2.05, 4.69) is 26.1 Å². The minimum Gasteiger partial charge on any atom is -0.312 e. The van der Waals surface area contributed by atoms with Gasteiger partial charge in [0.05, 0.1) is 0 Å². The second-order valence-electron chi connectivity index (χ2n) is 6.19. The van der Waals surface area contributed by atoms with Crippen molar-refractivity contribution in [3.8, 4) is 0 Å². The van der Waals surface area contributed by atoms with E-state index in [0.717, 1.165) is 44.4 Å². The summed E-state index contributed by atoms with van der Waals surface area (Å²) in [6.45, 7) is 7.30. The molecule has 1 aromatic rings. The van der Waals surface area contributed by atoms with Crippen LogP contribution in [0.1, 0.15) is 52.0 Å². The lowest BCUT2D eigenvalue weighted by molar-refractivity contribution is 0.415. The standard InChI is InChI=1S/C16H24F3N/c1-16(2,3)20-9-7-5-4-6-8-13-14(18)10-12(17)11-15(13)19/h10-11,20H,4-9H2,1-3H3. The number of hydrogen-bond donors (Lipinski definition) is 1. The molecule has 0 atom stereocenters. The number of hydrogen-bond acceptors (Lipinski definition) is 1. The zero-order chi connectivity index (χ0) is 15.2. The molecule has 0 spiro atoms. The summed E-state index contributed by atoms with van der Waals surface area (Å²) in [5.74, 6) is -2.43. The van der Waals surface area contributed by atoms with Crippen LogP contribution in [0.5, 0.6) is 0 Å². The minimum absolute atomic E-state index is 0.000725. The topological polar surface area (TPSA) is 12.0 Å².